The average molecular weight is 390 g/mol. The molecule has 2 aromatic heterocycles. The predicted molar refractivity (Wildman–Crippen MR) is 101 cm³/mol. The molecule has 0 radical (unpaired) electrons. The molecule has 3 aromatic rings. The summed E-state index contributed by atoms with van der Waals surface area (Å²) in [5.41, 5.74) is 3.58. The summed E-state index contributed by atoms with van der Waals surface area (Å²) in [6.07, 6.45) is 1.61. The van der Waals surface area contributed by atoms with E-state index in [-0.39, 0.29) is 10.1 Å². The van der Waals surface area contributed by atoms with E-state index in [9.17, 15) is 9.90 Å². The van der Waals surface area contributed by atoms with E-state index in [2.05, 4.69) is 10.2 Å². The Morgan fingerprint density at radius 3 is 2.54 bits per heavy atom. The van der Waals surface area contributed by atoms with Crippen LogP contribution in [0.3, 0.4) is 0 Å². The van der Waals surface area contributed by atoms with Gasteiger partial charge in [0.2, 0.25) is 5.89 Å². The van der Waals surface area contributed by atoms with E-state index in [4.69, 9.17) is 16.0 Å². The first-order chi connectivity index (χ1) is 12.3. The lowest BCUT2D eigenvalue weighted by molar-refractivity contribution is -0.131. The first kappa shape index (κ1) is 18.3. The molecule has 1 N–H and O–H groups in total. The zero-order valence-electron chi connectivity index (χ0n) is 14.4. The number of rotatable bonds is 5. The van der Waals surface area contributed by atoms with Crippen LogP contribution in [0.2, 0.25) is 5.02 Å². The third-order valence-electron chi connectivity index (χ3n) is 4.01. The summed E-state index contributed by atoms with van der Waals surface area (Å²) < 4.78 is 7.58. The smallest absolute Gasteiger partial charge is 0.342 e. The SMILES string of the molecule is Cc1cc(/C=C(\Sc2nnc(-c3ccc(Cl)cc3)o2)C(=O)O)c(C)n1C. The van der Waals surface area contributed by atoms with Gasteiger partial charge in [0.15, 0.2) is 0 Å². The third-order valence-corrected chi connectivity index (χ3v) is 5.11. The summed E-state index contributed by atoms with van der Waals surface area (Å²) in [6.45, 7) is 3.91. The molecule has 0 amide bonds. The van der Waals surface area contributed by atoms with Gasteiger partial charge in [0.1, 0.15) is 4.91 Å². The number of nitrogens with zero attached hydrogens (tertiary/aromatic N) is 3. The van der Waals surface area contributed by atoms with Gasteiger partial charge in [-0.05, 0) is 67.6 Å². The molecule has 1 aromatic carbocycles. The molecular formula is C18H16ClN3O3S. The highest BCUT2D eigenvalue weighted by molar-refractivity contribution is 8.03. The Kier molecular flexibility index (Phi) is 5.20. The average Bonchev–Trinajstić information content (AvgIpc) is 3.16. The summed E-state index contributed by atoms with van der Waals surface area (Å²) in [5, 5.41) is 18.2. The van der Waals surface area contributed by atoms with Crippen molar-refractivity contribution in [1.82, 2.24) is 14.8 Å². The van der Waals surface area contributed by atoms with Crippen molar-refractivity contribution in [2.24, 2.45) is 7.05 Å². The summed E-state index contributed by atoms with van der Waals surface area (Å²) in [6, 6.07) is 8.89. The number of carboxylic acid groups (broad SMARTS) is 1. The molecular weight excluding hydrogens is 374 g/mol. The van der Waals surface area contributed by atoms with Crippen LogP contribution >= 0.6 is 23.4 Å². The molecule has 0 saturated heterocycles. The van der Waals surface area contributed by atoms with Crippen molar-refractivity contribution in [2.45, 2.75) is 19.1 Å². The van der Waals surface area contributed by atoms with E-state index >= 15 is 0 Å². The molecule has 0 saturated carbocycles. The monoisotopic (exact) mass is 389 g/mol. The fourth-order valence-electron chi connectivity index (χ4n) is 2.36. The summed E-state index contributed by atoms with van der Waals surface area (Å²) in [5.74, 6) is -0.747. The van der Waals surface area contributed by atoms with Crippen molar-refractivity contribution < 1.29 is 14.3 Å². The number of aliphatic carboxylic acids is 1. The molecule has 0 spiro atoms. The number of benzene rings is 1. The third kappa shape index (κ3) is 3.84. The quantitative estimate of drug-likeness (QED) is 0.508. The summed E-state index contributed by atoms with van der Waals surface area (Å²) in [7, 11) is 1.94. The minimum Gasteiger partial charge on any atom is -0.477 e. The second-order valence-electron chi connectivity index (χ2n) is 5.68. The summed E-state index contributed by atoms with van der Waals surface area (Å²) >= 11 is 6.79. The predicted octanol–water partition coefficient (Wildman–Crippen LogP) is 4.56. The highest BCUT2D eigenvalue weighted by Crippen LogP contribution is 2.31. The standard InChI is InChI=1S/C18H16ClN3O3S/c1-10-8-13(11(2)22(10)3)9-15(17(23)24)26-18-21-20-16(25-18)12-4-6-14(19)7-5-12/h4-9H,1-3H3,(H,23,24)/b15-9-. The molecule has 0 bridgehead atoms. The maximum absolute atomic E-state index is 11.6. The van der Waals surface area contributed by atoms with Gasteiger partial charge >= 0.3 is 5.97 Å². The van der Waals surface area contributed by atoms with Crippen LogP contribution < -0.4 is 0 Å². The van der Waals surface area contributed by atoms with Crippen LogP contribution in [0, 0.1) is 13.8 Å². The molecule has 3 rings (SSSR count). The van der Waals surface area contributed by atoms with E-state index in [1.54, 1.807) is 30.3 Å². The van der Waals surface area contributed by atoms with Gasteiger partial charge in [-0.3, -0.25) is 0 Å². The zero-order chi connectivity index (χ0) is 18.8. The van der Waals surface area contributed by atoms with Crippen LogP contribution in [0.25, 0.3) is 17.5 Å². The zero-order valence-corrected chi connectivity index (χ0v) is 15.9. The van der Waals surface area contributed by atoms with Gasteiger partial charge in [-0.25, -0.2) is 4.79 Å². The van der Waals surface area contributed by atoms with Gasteiger partial charge < -0.3 is 14.1 Å². The number of hydrogen-bond donors (Lipinski definition) is 1. The lowest BCUT2D eigenvalue weighted by Gasteiger charge is -2.01. The van der Waals surface area contributed by atoms with Crippen LogP contribution in [-0.2, 0) is 11.8 Å². The molecule has 26 heavy (non-hydrogen) atoms. The maximum Gasteiger partial charge on any atom is 0.342 e. The Morgan fingerprint density at radius 1 is 1.27 bits per heavy atom. The topological polar surface area (TPSA) is 81.2 Å². The molecule has 0 aliphatic carbocycles. The van der Waals surface area contributed by atoms with Crippen LogP contribution in [0.5, 0.6) is 0 Å². The Balaban J connectivity index is 1.87. The Bertz CT molecular complexity index is 990. The lowest BCUT2D eigenvalue weighted by atomic mass is 10.2. The van der Waals surface area contributed by atoms with Crippen molar-refractivity contribution in [2.75, 3.05) is 0 Å². The minimum atomic E-state index is -1.05. The Hall–Kier alpha value is -2.51. The van der Waals surface area contributed by atoms with Gasteiger partial charge in [0.05, 0.1) is 0 Å². The first-order valence-electron chi connectivity index (χ1n) is 7.70. The Labute approximate surface area is 159 Å². The minimum absolute atomic E-state index is 0.102. The molecule has 0 aliphatic rings. The number of carboxylic acids is 1. The van der Waals surface area contributed by atoms with Crippen LogP contribution in [0.4, 0.5) is 0 Å². The normalized spacial score (nSPS) is 11.8. The molecule has 2 heterocycles. The number of thioether (sulfide) groups is 1. The van der Waals surface area contributed by atoms with Crippen LogP contribution in [0.15, 0.2) is 44.9 Å². The van der Waals surface area contributed by atoms with E-state index in [0.29, 0.717) is 16.5 Å². The van der Waals surface area contributed by atoms with Crippen molar-refractivity contribution in [3.63, 3.8) is 0 Å². The second-order valence-corrected chi connectivity index (χ2v) is 7.11. The Morgan fingerprint density at radius 2 is 1.96 bits per heavy atom. The van der Waals surface area contributed by atoms with Crippen LogP contribution in [0.1, 0.15) is 17.0 Å². The van der Waals surface area contributed by atoms with E-state index in [1.165, 1.54) is 0 Å². The number of aromatic nitrogens is 3. The van der Waals surface area contributed by atoms with Gasteiger partial charge in [-0.2, -0.15) is 0 Å². The molecule has 0 fully saturated rings. The number of carbonyl (C=O) groups is 1. The molecule has 0 unspecified atom stereocenters. The number of halogens is 1. The van der Waals surface area contributed by atoms with Gasteiger partial charge in [0, 0.05) is 29.0 Å². The first-order valence-corrected chi connectivity index (χ1v) is 8.90. The second kappa shape index (κ2) is 7.39. The highest BCUT2D eigenvalue weighted by atomic mass is 35.5. The van der Waals surface area contributed by atoms with E-state index in [0.717, 1.165) is 28.7 Å². The lowest BCUT2D eigenvalue weighted by Crippen LogP contribution is -1.97. The van der Waals surface area contributed by atoms with Crippen molar-refractivity contribution in [3.8, 4) is 11.5 Å². The molecule has 0 aliphatic heterocycles. The van der Waals surface area contributed by atoms with Crippen molar-refractivity contribution in [1.29, 1.82) is 0 Å². The number of aryl methyl sites for hydroxylation is 1. The summed E-state index contributed by atoms with van der Waals surface area (Å²) in [4.78, 5) is 11.7. The molecule has 8 heteroatoms. The fraction of sp³-hybridized carbons (Fsp3) is 0.167. The van der Waals surface area contributed by atoms with Gasteiger partial charge in [0.25, 0.3) is 5.22 Å². The van der Waals surface area contributed by atoms with Gasteiger partial charge in [-0.15, -0.1) is 10.2 Å². The highest BCUT2D eigenvalue weighted by Gasteiger charge is 2.17. The molecule has 0 atom stereocenters. The number of hydrogen-bond acceptors (Lipinski definition) is 5. The van der Waals surface area contributed by atoms with Crippen molar-refractivity contribution in [3.05, 3.63) is 57.2 Å². The fourth-order valence-corrected chi connectivity index (χ4v) is 3.15. The van der Waals surface area contributed by atoms with Gasteiger partial charge in [-0.1, -0.05) is 11.6 Å². The molecule has 6 nitrogen and oxygen atoms in total. The maximum atomic E-state index is 11.6. The van der Waals surface area contributed by atoms with E-state index in [1.807, 2.05) is 31.5 Å². The van der Waals surface area contributed by atoms with Crippen LogP contribution in [-0.4, -0.2) is 25.8 Å². The van der Waals surface area contributed by atoms with E-state index < -0.39 is 5.97 Å². The van der Waals surface area contributed by atoms with Crippen molar-refractivity contribution >= 4 is 35.4 Å². The largest absolute Gasteiger partial charge is 0.477 e. The molecule has 134 valence electrons.